The molecule has 2 N–H and O–H groups in total. The fourth-order valence-electron chi connectivity index (χ4n) is 3.56. The molecule has 0 radical (unpaired) electrons. The summed E-state index contributed by atoms with van der Waals surface area (Å²) in [6, 6.07) is 9.66. The summed E-state index contributed by atoms with van der Waals surface area (Å²) in [6.07, 6.45) is 0.294. The molecule has 2 fully saturated rings. The number of anilines is 1. The molecule has 25 heavy (non-hydrogen) atoms. The number of piperazine rings is 1. The molecule has 0 aromatic heterocycles. The van der Waals surface area contributed by atoms with E-state index < -0.39 is 11.6 Å². The van der Waals surface area contributed by atoms with Gasteiger partial charge in [-0.2, -0.15) is 0 Å². The van der Waals surface area contributed by atoms with E-state index in [9.17, 15) is 14.4 Å². The molecule has 4 amide bonds. The number of benzene rings is 1. The van der Waals surface area contributed by atoms with E-state index in [0.29, 0.717) is 19.5 Å². The summed E-state index contributed by atoms with van der Waals surface area (Å²) >= 11 is 0. The Kier molecular flexibility index (Phi) is 4.65. The molecule has 134 valence electrons. The zero-order valence-electron chi connectivity index (χ0n) is 14.6. The van der Waals surface area contributed by atoms with Gasteiger partial charge in [0.05, 0.1) is 0 Å². The van der Waals surface area contributed by atoms with Gasteiger partial charge in [-0.15, -0.1) is 0 Å². The third-order valence-electron chi connectivity index (χ3n) is 4.97. The van der Waals surface area contributed by atoms with Crippen molar-refractivity contribution in [2.24, 2.45) is 5.92 Å². The van der Waals surface area contributed by atoms with Crippen LogP contribution in [0.4, 0.5) is 10.5 Å². The summed E-state index contributed by atoms with van der Waals surface area (Å²) in [7, 11) is 0. The average Bonchev–Trinajstić information content (AvgIpc) is 2.86. The zero-order valence-corrected chi connectivity index (χ0v) is 14.6. The van der Waals surface area contributed by atoms with Gasteiger partial charge in [0.1, 0.15) is 5.54 Å². The van der Waals surface area contributed by atoms with E-state index in [2.05, 4.69) is 27.7 Å². The number of carbonyl (C=O) groups is 3. The minimum absolute atomic E-state index is 0.0304. The number of carbonyl (C=O) groups excluding carboxylic acids is 3. The molecule has 2 atom stereocenters. The fraction of sp³-hybridized carbons (Fsp3) is 0.500. The van der Waals surface area contributed by atoms with Crippen molar-refractivity contribution in [3.63, 3.8) is 0 Å². The number of imide groups is 1. The molecule has 0 aliphatic carbocycles. The molecule has 0 saturated carbocycles. The van der Waals surface area contributed by atoms with Crippen molar-refractivity contribution in [1.29, 1.82) is 0 Å². The van der Waals surface area contributed by atoms with Crippen LogP contribution in [0.2, 0.25) is 0 Å². The number of hydrogen-bond acceptors (Lipinski definition) is 4. The lowest BCUT2D eigenvalue weighted by Gasteiger charge is -2.37. The number of nitrogens with zero attached hydrogens (tertiary/aromatic N) is 2. The highest BCUT2D eigenvalue weighted by Crippen LogP contribution is 2.23. The summed E-state index contributed by atoms with van der Waals surface area (Å²) in [4.78, 5) is 40.1. The van der Waals surface area contributed by atoms with Crippen molar-refractivity contribution in [2.45, 2.75) is 25.8 Å². The molecular formula is C18H24N4O3. The summed E-state index contributed by atoms with van der Waals surface area (Å²) in [5, 5.41) is 4.85. The molecule has 0 bridgehead atoms. The van der Waals surface area contributed by atoms with Crippen molar-refractivity contribution in [3.8, 4) is 0 Å². The van der Waals surface area contributed by atoms with Crippen LogP contribution in [0, 0.1) is 5.92 Å². The fourth-order valence-corrected chi connectivity index (χ4v) is 3.56. The van der Waals surface area contributed by atoms with Gasteiger partial charge in [0, 0.05) is 37.8 Å². The highest BCUT2D eigenvalue weighted by atomic mass is 16.2. The largest absolute Gasteiger partial charge is 0.368 e. The first-order chi connectivity index (χ1) is 11.9. The molecule has 7 nitrogen and oxygen atoms in total. The smallest absolute Gasteiger partial charge is 0.322 e. The van der Waals surface area contributed by atoms with Gasteiger partial charge >= 0.3 is 6.03 Å². The Morgan fingerprint density at radius 1 is 1.16 bits per heavy atom. The number of amides is 4. The first-order valence-corrected chi connectivity index (χ1v) is 8.61. The number of urea groups is 1. The number of para-hydroxylation sites is 1. The summed E-state index contributed by atoms with van der Waals surface area (Å²) < 4.78 is 0. The van der Waals surface area contributed by atoms with Crippen molar-refractivity contribution >= 4 is 23.5 Å². The monoisotopic (exact) mass is 344 g/mol. The molecule has 1 aromatic rings. The quantitative estimate of drug-likeness (QED) is 0.797. The first kappa shape index (κ1) is 17.3. The van der Waals surface area contributed by atoms with Crippen LogP contribution < -0.4 is 15.5 Å². The molecule has 1 aromatic carbocycles. The van der Waals surface area contributed by atoms with Crippen molar-refractivity contribution in [2.75, 3.05) is 31.1 Å². The van der Waals surface area contributed by atoms with Crippen LogP contribution in [0.1, 0.15) is 20.3 Å². The highest BCUT2D eigenvalue weighted by molar-refractivity contribution is 6.07. The molecule has 2 unspecified atom stereocenters. The van der Waals surface area contributed by atoms with Gasteiger partial charge in [-0.25, -0.2) is 4.79 Å². The van der Waals surface area contributed by atoms with E-state index in [-0.39, 0.29) is 17.7 Å². The third kappa shape index (κ3) is 3.60. The maximum absolute atomic E-state index is 12.7. The van der Waals surface area contributed by atoms with E-state index in [1.807, 2.05) is 30.0 Å². The van der Waals surface area contributed by atoms with Crippen molar-refractivity contribution in [3.05, 3.63) is 30.3 Å². The standard InChI is InChI=1S/C18H24N4O3/c1-13(12-18(2)16(24)19-17(25)20-18)15(23)22-10-8-21(9-11-22)14-6-4-3-5-7-14/h3-7,13H,8-12H2,1-2H3,(H2,19,20,24,25). The Balaban J connectivity index is 1.55. The van der Waals surface area contributed by atoms with Gasteiger partial charge in [-0.3, -0.25) is 14.9 Å². The second kappa shape index (κ2) is 6.74. The predicted molar refractivity (Wildman–Crippen MR) is 94.1 cm³/mol. The van der Waals surface area contributed by atoms with Crippen LogP contribution in [0.5, 0.6) is 0 Å². The van der Waals surface area contributed by atoms with Crippen molar-refractivity contribution < 1.29 is 14.4 Å². The SMILES string of the molecule is CC(CC1(C)NC(=O)NC1=O)C(=O)N1CCN(c2ccccc2)CC1. The van der Waals surface area contributed by atoms with Crippen LogP contribution >= 0.6 is 0 Å². The second-order valence-electron chi connectivity index (χ2n) is 6.99. The summed E-state index contributed by atoms with van der Waals surface area (Å²) in [5.41, 5.74) is 0.151. The van der Waals surface area contributed by atoms with E-state index in [0.717, 1.165) is 13.1 Å². The lowest BCUT2D eigenvalue weighted by molar-refractivity contribution is -0.136. The van der Waals surface area contributed by atoms with Gasteiger partial charge in [-0.1, -0.05) is 25.1 Å². The van der Waals surface area contributed by atoms with Crippen LogP contribution in [-0.4, -0.2) is 54.5 Å². The average molecular weight is 344 g/mol. The van der Waals surface area contributed by atoms with E-state index in [1.54, 1.807) is 6.92 Å². The maximum Gasteiger partial charge on any atom is 0.322 e. The molecule has 2 aliphatic heterocycles. The molecule has 2 saturated heterocycles. The lowest BCUT2D eigenvalue weighted by Crippen LogP contribution is -2.52. The topological polar surface area (TPSA) is 81.8 Å². The second-order valence-corrected chi connectivity index (χ2v) is 6.99. The van der Waals surface area contributed by atoms with Gasteiger partial charge < -0.3 is 15.1 Å². The zero-order chi connectivity index (χ0) is 18.0. The third-order valence-corrected chi connectivity index (χ3v) is 4.97. The Bertz CT molecular complexity index is 670. The Morgan fingerprint density at radius 3 is 2.36 bits per heavy atom. The van der Waals surface area contributed by atoms with Crippen molar-refractivity contribution in [1.82, 2.24) is 15.5 Å². The van der Waals surface area contributed by atoms with Crippen LogP contribution in [0.3, 0.4) is 0 Å². The minimum atomic E-state index is -1.02. The Morgan fingerprint density at radius 2 is 1.80 bits per heavy atom. The van der Waals surface area contributed by atoms with E-state index >= 15 is 0 Å². The summed E-state index contributed by atoms with van der Waals surface area (Å²) in [5.74, 6) is -0.675. The lowest BCUT2D eigenvalue weighted by atomic mass is 9.89. The van der Waals surface area contributed by atoms with Gasteiger partial charge in [0.2, 0.25) is 5.91 Å². The minimum Gasteiger partial charge on any atom is -0.368 e. The summed E-state index contributed by atoms with van der Waals surface area (Å²) in [6.45, 7) is 6.37. The van der Waals surface area contributed by atoms with Crippen LogP contribution in [0.15, 0.2) is 30.3 Å². The van der Waals surface area contributed by atoms with E-state index in [1.165, 1.54) is 5.69 Å². The van der Waals surface area contributed by atoms with E-state index in [4.69, 9.17) is 0 Å². The number of rotatable bonds is 4. The van der Waals surface area contributed by atoms with Gasteiger partial charge in [0.25, 0.3) is 5.91 Å². The number of hydrogen-bond donors (Lipinski definition) is 2. The molecule has 3 rings (SSSR count). The predicted octanol–water partition coefficient (Wildman–Crippen LogP) is 0.960. The highest BCUT2D eigenvalue weighted by Gasteiger charge is 2.44. The maximum atomic E-state index is 12.7. The van der Waals surface area contributed by atoms with Crippen LogP contribution in [0.25, 0.3) is 0 Å². The molecule has 2 aliphatic rings. The van der Waals surface area contributed by atoms with Crippen LogP contribution in [-0.2, 0) is 9.59 Å². The van der Waals surface area contributed by atoms with Gasteiger partial charge in [-0.05, 0) is 25.5 Å². The molecular weight excluding hydrogens is 320 g/mol. The molecule has 7 heteroatoms. The normalized spacial score (nSPS) is 24.7. The Labute approximate surface area is 147 Å². The number of nitrogens with one attached hydrogen (secondary N) is 2. The Hall–Kier alpha value is -2.57. The first-order valence-electron chi connectivity index (χ1n) is 8.61. The van der Waals surface area contributed by atoms with Gasteiger partial charge in [0.15, 0.2) is 0 Å². The molecule has 2 heterocycles. The molecule has 0 spiro atoms.